The molecule has 132 valence electrons. The monoisotopic (exact) mass is 351 g/mol. The fourth-order valence-electron chi connectivity index (χ4n) is 2.61. The van der Waals surface area contributed by atoms with Crippen molar-refractivity contribution in [1.82, 2.24) is 9.97 Å². The molecule has 3 N–H and O–H groups in total. The van der Waals surface area contributed by atoms with Gasteiger partial charge in [-0.3, -0.25) is 14.4 Å². The number of nitrogens with one attached hydrogen (secondary N) is 2. The Morgan fingerprint density at radius 3 is 2.69 bits per heavy atom. The maximum Gasteiger partial charge on any atom is 0.303 e. The van der Waals surface area contributed by atoms with Crippen LogP contribution in [0.4, 0.5) is 5.69 Å². The van der Waals surface area contributed by atoms with Crippen LogP contribution in [-0.4, -0.2) is 27.0 Å². The molecule has 0 unspecified atom stereocenters. The van der Waals surface area contributed by atoms with Crippen LogP contribution in [0.3, 0.4) is 0 Å². The first-order chi connectivity index (χ1) is 12.4. The largest absolute Gasteiger partial charge is 0.481 e. The zero-order chi connectivity index (χ0) is 18.7. The number of hydrogen-bond donors (Lipinski definition) is 3. The van der Waals surface area contributed by atoms with E-state index in [1.807, 2.05) is 13.0 Å². The summed E-state index contributed by atoms with van der Waals surface area (Å²) in [7, 11) is 0. The second-order valence-electron chi connectivity index (χ2n) is 5.92. The number of carbonyl (C=O) groups is 2. The van der Waals surface area contributed by atoms with Gasteiger partial charge in [0.15, 0.2) is 0 Å². The van der Waals surface area contributed by atoms with Gasteiger partial charge >= 0.3 is 5.97 Å². The average Bonchev–Trinajstić information content (AvgIpc) is 2.61. The number of nitrogens with zero attached hydrogens (tertiary/aromatic N) is 1. The van der Waals surface area contributed by atoms with Crippen molar-refractivity contribution in [3.63, 3.8) is 0 Å². The number of para-hydroxylation sites is 2. The number of aromatic nitrogens is 2. The van der Waals surface area contributed by atoms with Crippen LogP contribution in [0, 0.1) is 6.92 Å². The van der Waals surface area contributed by atoms with Gasteiger partial charge in [-0.15, -0.1) is 0 Å². The van der Waals surface area contributed by atoms with E-state index in [2.05, 4.69) is 15.3 Å². The fraction of sp³-hybridized carbons (Fsp3) is 0.158. The molecule has 7 nitrogen and oxygen atoms in total. The highest BCUT2D eigenvalue weighted by atomic mass is 16.4. The number of aliphatic carboxylic acids is 1. The molecule has 1 aromatic heterocycles. The van der Waals surface area contributed by atoms with E-state index in [4.69, 9.17) is 5.11 Å². The molecular weight excluding hydrogens is 334 g/mol. The Morgan fingerprint density at radius 2 is 1.92 bits per heavy atom. The molecule has 0 spiro atoms. The van der Waals surface area contributed by atoms with E-state index in [-0.39, 0.29) is 24.1 Å². The number of anilines is 1. The van der Waals surface area contributed by atoms with E-state index < -0.39 is 11.9 Å². The molecule has 1 amide bonds. The summed E-state index contributed by atoms with van der Waals surface area (Å²) in [5, 5.41) is 11.4. The van der Waals surface area contributed by atoms with Crippen molar-refractivity contribution < 1.29 is 14.7 Å². The first kappa shape index (κ1) is 17.3. The second-order valence-corrected chi connectivity index (χ2v) is 5.92. The first-order valence-corrected chi connectivity index (χ1v) is 8.06. The quantitative estimate of drug-likeness (QED) is 0.654. The molecule has 0 bridgehead atoms. The summed E-state index contributed by atoms with van der Waals surface area (Å²) < 4.78 is 0. The van der Waals surface area contributed by atoms with Crippen LogP contribution in [0.15, 0.2) is 47.3 Å². The lowest BCUT2D eigenvalue weighted by molar-refractivity contribution is -0.138. The number of hydrogen-bond acceptors (Lipinski definition) is 4. The highest BCUT2D eigenvalue weighted by Crippen LogP contribution is 2.26. The Hall–Kier alpha value is -3.48. The zero-order valence-electron chi connectivity index (χ0n) is 14.1. The number of aryl methyl sites for hydroxylation is 1. The molecule has 1 heterocycles. The molecule has 3 aromatic rings. The molecule has 0 saturated carbocycles. The number of carboxylic acids is 1. The van der Waals surface area contributed by atoms with Crippen molar-refractivity contribution in [2.75, 3.05) is 5.32 Å². The van der Waals surface area contributed by atoms with Crippen LogP contribution in [0.1, 0.15) is 18.4 Å². The fourth-order valence-corrected chi connectivity index (χ4v) is 2.61. The zero-order valence-corrected chi connectivity index (χ0v) is 14.1. The molecule has 0 radical (unpaired) electrons. The molecule has 0 saturated heterocycles. The van der Waals surface area contributed by atoms with Crippen LogP contribution in [-0.2, 0) is 9.59 Å². The summed E-state index contributed by atoms with van der Waals surface area (Å²) in [4.78, 5) is 42.3. The van der Waals surface area contributed by atoms with Crippen LogP contribution in [0.5, 0.6) is 0 Å². The average molecular weight is 351 g/mol. The minimum Gasteiger partial charge on any atom is -0.481 e. The summed E-state index contributed by atoms with van der Waals surface area (Å²) in [6.07, 6.45) is -0.411. The number of benzene rings is 2. The highest BCUT2D eigenvalue weighted by molar-refractivity contribution is 5.96. The van der Waals surface area contributed by atoms with Gasteiger partial charge in [0.2, 0.25) is 5.91 Å². The van der Waals surface area contributed by atoms with Crippen LogP contribution < -0.4 is 10.9 Å². The lowest BCUT2D eigenvalue weighted by Gasteiger charge is -2.12. The van der Waals surface area contributed by atoms with Gasteiger partial charge in [0.1, 0.15) is 5.69 Å². The highest BCUT2D eigenvalue weighted by Gasteiger charge is 2.15. The van der Waals surface area contributed by atoms with Gasteiger partial charge in [-0.05, 0) is 31.2 Å². The van der Waals surface area contributed by atoms with Crippen molar-refractivity contribution in [3.05, 3.63) is 58.4 Å². The Labute approximate surface area is 148 Å². The predicted octanol–water partition coefficient (Wildman–Crippen LogP) is 2.70. The van der Waals surface area contributed by atoms with Crippen molar-refractivity contribution in [2.24, 2.45) is 0 Å². The smallest absolute Gasteiger partial charge is 0.303 e. The maximum absolute atomic E-state index is 12.5. The second kappa shape index (κ2) is 7.18. The maximum atomic E-state index is 12.5. The number of carboxylic acid groups (broad SMARTS) is 1. The van der Waals surface area contributed by atoms with E-state index in [0.717, 1.165) is 5.56 Å². The molecule has 0 aliphatic heterocycles. The van der Waals surface area contributed by atoms with Crippen molar-refractivity contribution in [1.29, 1.82) is 0 Å². The van der Waals surface area contributed by atoms with Gasteiger partial charge in [0.25, 0.3) is 5.56 Å². The molecule has 0 aliphatic rings. The Morgan fingerprint density at radius 1 is 1.15 bits per heavy atom. The van der Waals surface area contributed by atoms with Gasteiger partial charge in [0.05, 0.1) is 23.1 Å². The van der Waals surface area contributed by atoms with Crippen molar-refractivity contribution in [2.45, 2.75) is 19.8 Å². The van der Waals surface area contributed by atoms with Crippen LogP contribution >= 0.6 is 0 Å². The third-order valence-electron chi connectivity index (χ3n) is 3.87. The number of rotatable bonds is 5. The van der Waals surface area contributed by atoms with E-state index in [1.54, 1.807) is 36.4 Å². The van der Waals surface area contributed by atoms with E-state index in [0.29, 0.717) is 22.3 Å². The third kappa shape index (κ3) is 3.77. The van der Waals surface area contributed by atoms with Gasteiger partial charge in [-0.2, -0.15) is 0 Å². The van der Waals surface area contributed by atoms with Crippen molar-refractivity contribution >= 4 is 28.6 Å². The molecule has 26 heavy (non-hydrogen) atoms. The molecule has 0 fully saturated rings. The number of H-pyrrole nitrogens is 1. The molecular formula is C19H17N3O4. The van der Waals surface area contributed by atoms with Gasteiger partial charge in [0, 0.05) is 12.0 Å². The van der Waals surface area contributed by atoms with Gasteiger partial charge < -0.3 is 15.4 Å². The Kier molecular flexibility index (Phi) is 4.79. The third-order valence-corrected chi connectivity index (χ3v) is 3.87. The van der Waals surface area contributed by atoms with Gasteiger partial charge in [-0.25, -0.2) is 4.98 Å². The predicted molar refractivity (Wildman–Crippen MR) is 98.0 cm³/mol. The number of fused-ring (bicyclic) bond motifs is 1. The summed E-state index contributed by atoms with van der Waals surface area (Å²) in [5.41, 5.74) is 2.89. The number of amides is 1. The topological polar surface area (TPSA) is 112 Å². The van der Waals surface area contributed by atoms with Gasteiger partial charge in [-0.1, -0.05) is 23.8 Å². The summed E-state index contributed by atoms with van der Waals surface area (Å²) >= 11 is 0. The Balaban J connectivity index is 2.03. The normalized spacial score (nSPS) is 10.7. The summed E-state index contributed by atoms with van der Waals surface area (Å²) in [6.45, 7) is 1.87. The molecule has 3 rings (SSSR count). The lowest BCUT2D eigenvalue weighted by Crippen LogP contribution is -2.16. The standard InChI is InChI=1S/C19H17N3O4/c1-11-6-7-13(20-16(23)8-9-17(24)25)12(10-11)18-19(26)22-15-5-3-2-4-14(15)21-18/h2-7,10H,8-9H2,1H3,(H,20,23)(H,22,26)(H,24,25). The molecule has 2 aromatic carbocycles. The minimum absolute atomic E-state index is 0.149. The van der Waals surface area contributed by atoms with Crippen molar-refractivity contribution in [3.8, 4) is 11.3 Å². The van der Waals surface area contributed by atoms with Crippen LogP contribution in [0.2, 0.25) is 0 Å². The molecule has 0 atom stereocenters. The molecule has 7 heteroatoms. The van der Waals surface area contributed by atoms with E-state index in [9.17, 15) is 14.4 Å². The number of aromatic amines is 1. The number of carbonyl (C=O) groups excluding carboxylic acids is 1. The van der Waals surface area contributed by atoms with E-state index >= 15 is 0 Å². The first-order valence-electron chi connectivity index (χ1n) is 8.06. The SMILES string of the molecule is Cc1ccc(NC(=O)CCC(=O)O)c(-c2nc3ccccc3[nH]c2=O)c1. The minimum atomic E-state index is -1.04. The Bertz CT molecular complexity index is 1060. The lowest BCUT2D eigenvalue weighted by atomic mass is 10.1. The van der Waals surface area contributed by atoms with E-state index in [1.165, 1.54) is 0 Å². The summed E-state index contributed by atoms with van der Waals surface area (Å²) in [6, 6.07) is 12.4. The summed E-state index contributed by atoms with van der Waals surface area (Å²) in [5.74, 6) is -1.48. The van der Waals surface area contributed by atoms with Crippen LogP contribution in [0.25, 0.3) is 22.3 Å². The molecule has 0 aliphatic carbocycles.